The summed E-state index contributed by atoms with van der Waals surface area (Å²) in [7, 11) is -4.37. The molecule has 1 aromatic carbocycles. The molecule has 0 aliphatic carbocycles. The average molecular weight is 361 g/mol. The van der Waals surface area contributed by atoms with Gasteiger partial charge in [-0.15, -0.1) is 0 Å². The Morgan fingerprint density at radius 1 is 1.04 bits per heavy atom. The van der Waals surface area contributed by atoms with Crippen LogP contribution < -0.4 is 16.0 Å². The molecule has 0 saturated carbocycles. The maximum atomic E-state index is 13.1. The van der Waals surface area contributed by atoms with E-state index in [0.29, 0.717) is 9.69 Å². The number of nitrogens with zero attached hydrogens (tertiary/aromatic N) is 2. The molecule has 5 amide bonds. The zero-order valence-corrected chi connectivity index (χ0v) is 13.3. The number of imide groups is 1. The van der Waals surface area contributed by atoms with Crippen LogP contribution in [0.4, 0.5) is 9.59 Å². The molecule has 0 bridgehead atoms. The van der Waals surface area contributed by atoms with Gasteiger partial charge in [0.15, 0.2) is 12.2 Å². The topological polar surface area (TPSA) is 138 Å². The van der Waals surface area contributed by atoms with E-state index in [4.69, 9.17) is 0 Å². The van der Waals surface area contributed by atoms with E-state index in [2.05, 4.69) is 15.6 Å². The second kappa shape index (κ2) is 5.14. The Bertz CT molecular complexity index is 1030. The predicted octanol–water partition coefficient (Wildman–Crippen LogP) is -0.517. The normalized spacial score (nSPS) is 23.0. The Labute approximate surface area is 141 Å². The van der Waals surface area contributed by atoms with Gasteiger partial charge < -0.3 is 10.6 Å². The second-order valence-electron chi connectivity index (χ2n) is 5.47. The Morgan fingerprint density at radius 2 is 1.80 bits per heavy atom. The Morgan fingerprint density at radius 3 is 2.60 bits per heavy atom. The fourth-order valence-electron chi connectivity index (χ4n) is 2.90. The summed E-state index contributed by atoms with van der Waals surface area (Å²) in [6, 6.07) is 4.78. The molecular weight excluding hydrogens is 350 g/mol. The molecule has 3 N–H and O–H groups in total. The van der Waals surface area contributed by atoms with Gasteiger partial charge in [-0.05, 0) is 12.1 Å². The molecule has 2 saturated heterocycles. The first-order chi connectivity index (χ1) is 11.9. The molecule has 0 radical (unpaired) electrons. The fraction of sp³-hybridized carbons (Fsp3) is 0.143. The first-order valence-electron chi connectivity index (χ1n) is 7.19. The Hall–Kier alpha value is -3.21. The van der Waals surface area contributed by atoms with E-state index in [1.165, 1.54) is 18.3 Å². The molecule has 3 heterocycles. The van der Waals surface area contributed by atoms with E-state index in [1.54, 1.807) is 18.2 Å². The minimum absolute atomic E-state index is 0.188. The number of hydrogen-bond donors (Lipinski definition) is 3. The highest BCUT2D eigenvalue weighted by atomic mass is 32.2. The molecule has 2 aliphatic rings. The molecule has 2 fully saturated rings. The number of carbonyl (C=O) groups excluding carboxylic acids is 3. The summed E-state index contributed by atoms with van der Waals surface area (Å²) in [5.74, 6) is -0.782. The number of fused-ring (bicyclic) bond motifs is 2. The number of aromatic nitrogens is 1. The van der Waals surface area contributed by atoms with Crippen LogP contribution in [0, 0.1) is 0 Å². The number of para-hydroxylation sites is 1. The molecule has 0 unspecified atom stereocenters. The van der Waals surface area contributed by atoms with Crippen molar-refractivity contribution in [2.75, 3.05) is 0 Å². The lowest BCUT2D eigenvalue weighted by atomic mass is 10.2. The molecule has 2 aliphatic heterocycles. The highest BCUT2D eigenvalue weighted by Crippen LogP contribution is 2.28. The Kier molecular flexibility index (Phi) is 3.15. The quantitative estimate of drug-likeness (QED) is 0.658. The highest BCUT2D eigenvalue weighted by Gasteiger charge is 2.53. The van der Waals surface area contributed by atoms with Gasteiger partial charge in [0, 0.05) is 11.6 Å². The van der Waals surface area contributed by atoms with Crippen LogP contribution in [0.25, 0.3) is 10.9 Å². The van der Waals surface area contributed by atoms with Crippen LogP contribution in [0.3, 0.4) is 0 Å². The molecule has 128 valence electrons. The number of urea groups is 2. The second-order valence-corrected chi connectivity index (χ2v) is 7.25. The van der Waals surface area contributed by atoms with Crippen LogP contribution in [-0.4, -0.2) is 47.9 Å². The van der Waals surface area contributed by atoms with Crippen LogP contribution in [0.2, 0.25) is 0 Å². The highest BCUT2D eigenvalue weighted by molar-refractivity contribution is 7.90. The molecule has 11 heteroatoms. The third kappa shape index (κ3) is 2.20. The van der Waals surface area contributed by atoms with E-state index in [-0.39, 0.29) is 10.4 Å². The van der Waals surface area contributed by atoms with Crippen LogP contribution >= 0.6 is 0 Å². The summed E-state index contributed by atoms with van der Waals surface area (Å²) < 4.78 is 26.6. The SMILES string of the molecule is O=C1NC(=O)[C@H]2NC(=O)N(S(=O)(=O)c3cccc4cccnc34)[C@H]2N1. The van der Waals surface area contributed by atoms with Gasteiger partial charge in [0.25, 0.3) is 15.9 Å². The summed E-state index contributed by atoms with van der Waals surface area (Å²) >= 11 is 0. The van der Waals surface area contributed by atoms with Gasteiger partial charge in [0.05, 0.1) is 5.52 Å². The molecule has 1 aromatic heterocycles. The number of hydrogen-bond acceptors (Lipinski definition) is 6. The van der Waals surface area contributed by atoms with Crippen LogP contribution in [-0.2, 0) is 14.8 Å². The van der Waals surface area contributed by atoms with Crippen molar-refractivity contribution in [3.63, 3.8) is 0 Å². The minimum atomic E-state index is -4.37. The number of sulfonamides is 1. The zero-order chi connectivity index (χ0) is 17.8. The number of nitrogens with one attached hydrogen (secondary N) is 3. The third-order valence-corrected chi connectivity index (χ3v) is 5.77. The van der Waals surface area contributed by atoms with Crippen LogP contribution in [0.5, 0.6) is 0 Å². The molecule has 0 spiro atoms. The van der Waals surface area contributed by atoms with Crippen molar-refractivity contribution < 1.29 is 22.8 Å². The summed E-state index contributed by atoms with van der Waals surface area (Å²) in [5, 5.41) is 7.10. The van der Waals surface area contributed by atoms with Crippen molar-refractivity contribution in [1.29, 1.82) is 0 Å². The molecule has 10 nitrogen and oxygen atoms in total. The zero-order valence-electron chi connectivity index (χ0n) is 12.5. The summed E-state index contributed by atoms with van der Waals surface area (Å²) in [4.78, 5) is 39.5. The van der Waals surface area contributed by atoms with Gasteiger partial charge >= 0.3 is 12.1 Å². The standard InChI is InChI=1S/C14H11N5O5S/c20-12-10-11(17-13(21)18-12)19(14(22)16-10)25(23,24)8-5-1-3-7-4-2-6-15-9(7)8/h1-6,10-11H,(H,16,22)(H2,17,18,20,21)/t10-,11+/m0/s1. The van der Waals surface area contributed by atoms with Gasteiger partial charge in [-0.1, -0.05) is 18.2 Å². The van der Waals surface area contributed by atoms with Crippen molar-refractivity contribution in [3.8, 4) is 0 Å². The average Bonchev–Trinajstić information content (AvgIpc) is 2.91. The van der Waals surface area contributed by atoms with Gasteiger partial charge in [-0.3, -0.25) is 15.1 Å². The molecule has 25 heavy (non-hydrogen) atoms. The largest absolute Gasteiger partial charge is 0.334 e. The van der Waals surface area contributed by atoms with Crippen molar-refractivity contribution in [1.82, 2.24) is 25.2 Å². The summed E-state index contributed by atoms with van der Waals surface area (Å²) in [5.41, 5.74) is 0.188. The molecule has 4 rings (SSSR count). The number of pyridine rings is 1. The van der Waals surface area contributed by atoms with E-state index in [1.807, 2.05) is 5.32 Å². The lowest BCUT2D eigenvalue weighted by molar-refractivity contribution is -0.123. The van der Waals surface area contributed by atoms with Gasteiger partial charge in [-0.25, -0.2) is 18.0 Å². The number of benzene rings is 1. The molecular formula is C14H11N5O5S. The van der Waals surface area contributed by atoms with E-state index in [9.17, 15) is 22.8 Å². The van der Waals surface area contributed by atoms with Crippen molar-refractivity contribution in [2.45, 2.75) is 17.1 Å². The van der Waals surface area contributed by atoms with Crippen LogP contribution in [0.1, 0.15) is 0 Å². The first-order valence-corrected chi connectivity index (χ1v) is 8.63. The van der Waals surface area contributed by atoms with Gasteiger partial charge in [0.2, 0.25) is 0 Å². The van der Waals surface area contributed by atoms with Crippen molar-refractivity contribution >= 4 is 38.9 Å². The number of amides is 5. The number of carbonyl (C=O) groups is 3. The Balaban J connectivity index is 1.86. The lowest BCUT2D eigenvalue weighted by Gasteiger charge is -2.29. The van der Waals surface area contributed by atoms with Gasteiger partial charge in [-0.2, -0.15) is 4.31 Å². The van der Waals surface area contributed by atoms with Gasteiger partial charge in [0.1, 0.15) is 4.90 Å². The predicted molar refractivity (Wildman–Crippen MR) is 83.5 cm³/mol. The van der Waals surface area contributed by atoms with Crippen LogP contribution in [0.15, 0.2) is 41.4 Å². The lowest BCUT2D eigenvalue weighted by Crippen LogP contribution is -2.65. The third-order valence-electron chi connectivity index (χ3n) is 3.98. The minimum Gasteiger partial charge on any atom is -0.321 e. The number of rotatable bonds is 2. The van der Waals surface area contributed by atoms with E-state index in [0.717, 1.165) is 0 Å². The molecule has 2 aromatic rings. The maximum absolute atomic E-state index is 13.1. The maximum Gasteiger partial charge on any atom is 0.334 e. The van der Waals surface area contributed by atoms with Crippen molar-refractivity contribution in [3.05, 3.63) is 36.5 Å². The smallest absolute Gasteiger partial charge is 0.321 e. The van der Waals surface area contributed by atoms with E-state index >= 15 is 0 Å². The fourth-order valence-corrected chi connectivity index (χ4v) is 4.52. The van der Waals surface area contributed by atoms with Crippen molar-refractivity contribution in [2.24, 2.45) is 0 Å². The monoisotopic (exact) mass is 361 g/mol. The van der Waals surface area contributed by atoms with E-state index < -0.39 is 40.2 Å². The summed E-state index contributed by atoms with van der Waals surface area (Å²) in [6.07, 6.45) is 0.0852. The molecule has 2 atom stereocenters. The summed E-state index contributed by atoms with van der Waals surface area (Å²) in [6.45, 7) is 0. The first kappa shape index (κ1) is 15.3.